The quantitative estimate of drug-likeness (QED) is 0.662. The number of ether oxygens (including phenoxy) is 2. The van der Waals surface area contributed by atoms with Crippen LogP contribution in [-0.2, 0) is 14.3 Å². The summed E-state index contributed by atoms with van der Waals surface area (Å²) in [5, 5.41) is 0. The molecule has 8 nitrogen and oxygen atoms in total. The zero-order valence-corrected chi connectivity index (χ0v) is 18.0. The van der Waals surface area contributed by atoms with Crippen molar-refractivity contribution in [1.29, 1.82) is 0 Å². The first-order valence-electron chi connectivity index (χ1n) is 8.95. The molecule has 1 aliphatic heterocycles. The van der Waals surface area contributed by atoms with Gasteiger partial charge in [-0.2, -0.15) is 0 Å². The summed E-state index contributed by atoms with van der Waals surface area (Å²) in [6, 6.07) is -0.778. The van der Waals surface area contributed by atoms with Gasteiger partial charge in [-0.1, -0.05) is 13.8 Å². The Bertz CT molecular complexity index is 660. The summed E-state index contributed by atoms with van der Waals surface area (Å²) in [5.41, 5.74) is -0.643. The van der Waals surface area contributed by atoms with Gasteiger partial charge in [0.05, 0.1) is 17.6 Å². The van der Waals surface area contributed by atoms with Crippen LogP contribution in [0.15, 0.2) is 16.9 Å². The Kier molecular flexibility index (Phi) is 7.02. The molecule has 1 saturated heterocycles. The number of piperazine rings is 1. The first-order chi connectivity index (χ1) is 12.6. The fourth-order valence-electron chi connectivity index (χ4n) is 2.52. The van der Waals surface area contributed by atoms with Gasteiger partial charge in [0, 0.05) is 25.5 Å². The minimum absolute atomic E-state index is 0.207. The van der Waals surface area contributed by atoms with Gasteiger partial charge >= 0.3 is 12.1 Å². The molecular formula is C18H27BrN4O4. The molecule has 0 spiro atoms. The molecule has 1 atom stereocenters. The Labute approximate surface area is 168 Å². The van der Waals surface area contributed by atoms with E-state index in [1.807, 2.05) is 18.7 Å². The first kappa shape index (κ1) is 21.4. The summed E-state index contributed by atoms with van der Waals surface area (Å²) in [5.74, 6) is 0.262. The summed E-state index contributed by atoms with van der Waals surface area (Å²) < 4.78 is 11.6. The molecule has 2 heterocycles. The molecule has 0 aromatic carbocycles. The van der Waals surface area contributed by atoms with Crippen LogP contribution in [0.4, 0.5) is 10.7 Å². The number of nitrogens with zero attached hydrogens (tertiary/aromatic N) is 4. The highest BCUT2D eigenvalue weighted by molar-refractivity contribution is 9.10. The van der Waals surface area contributed by atoms with Gasteiger partial charge in [-0.05, 0) is 42.6 Å². The predicted octanol–water partition coefficient (Wildman–Crippen LogP) is 2.86. The van der Waals surface area contributed by atoms with Crippen molar-refractivity contribution in [2.24, 2.45) is 5.92 Å². The van der Waals surface area contributed by atoms with Crippen LogP contribution in [0.3, 0.4) is 0 Å². The first-order valence-corrected chi connectivity index (χ1v) is 9.75. The van der Waals surface area contributed by atoms with Gasteiger partial charge in [0.25, 0.3) is 0 Å². The molecule has 0 bridgehead atoms. The van der Waals surface area contributed by atoms with Gasteiger partial charge in [0.1, 0.15) is 5.60 Å². The predicted molar refractivity (Wildman–Crippen MR) is 104 cm³/mol. The van der Waals surface area contributed by atoms with Crippen molar-refractivity contribution in [3.63, 3.8) is 0 Å². The number of aromatic nitrogens is 2. The minimum atomic E-state index is -0.778. The molecular weight excluding hydrogens is 416 g/mol. The number of halogens is 1. The summed E-state index contributed by atoms with van der Waals surface area (Å²) >= 11 is 3.31. The number of amides is 1. The average molecular weight is 443 g/mol. The van der Waals surface area contributed by atoms with E-state index in [0.717, 1.165) is 4.47 Å². The topological polar surface area (TPSA) is 84.9 Å². The highest BCUT2D eigenvalue weighted by Crippen LogP contribution is 2.20. The molecule has 150 valence electrons. The maximum atomic E-state index is 12.7. The number of hydrogen-bond donors (Lipinski definition) is 0. The van der Waals surface area contributed by atoms with Crippen molar-refractivity contribution in [3.05, 3.63) is 16.9 Å². The SMILES string of the molecule is CC(C)COC(=O)C1CN(c2ncc(Br)cn2)CCN1C(=O)OC(C)(C)C. The van der Waals surface area contributed by atoms with Crippen LogP contribution < -0.4 is 4.90 Å². The van der Waals surface area contributed by atoms with Gasteiger partial charge in [-0.25, -0.2) is 19.6 Å². The van der Waals surface area contributed by atoms with Crippen molar-refractivity contribution >= 4 is 33.9 Å². The third-order valence-corrected chi connectivity index (χ3v) is 4.14. The lowest BCUT2D eigenvalue weighted by molar-refractivity contribution is -0.151. The number of carbonyl (C=O) groups is 2. The Balaban J connectivity index is 2.17. The van der Waals surface area contributed by atoms with Crippen LogP contribution in [0, 0.1) is 5.92 Å². The van der Waals surface area contributed by atoms with E-state index in [1.165, 1.54) is 4.90 Å². The molecule has 0 N–H and O–H groups in total. The highest BCUT2D eigenvalue weighted by atomic mass is 79.9. The van der Waals surface area contributed by atoms with E-state index < -0.39 is 23.7 Å². The largest absolute Gasteiger partial charge is 0.464 e. The smallest absolute Gasteiger partial charge is 0.411 e. The van der Waals surface area contributed by atoms with Crippen molar-refractivity contribution in [2.45, 2.75) is 46.3 Å². The summed E-state index contributed by atoms with van der Waals surface area (Å²) in [7, 11) is 0. The van der Waals surface area contributed by atoms with Gasteiger partial charge in [0.15, 0.2) is 6.04 Å². The molecule has 1 aliphatic rings. The van der Waals surface area contributed by atoms with Crippen LogP contribution in [0.1, 0.15) is 34.6 Å². The molecule has 1 fully saturated rings. The number of rotatable bonds is 4. The van der Waals surface area contributed by atoms with Crippen molar-refractivity contribution in [1.82, 2.24) is 14.9 Å². The maximum Gasteiger partial charge on any atom is 0.411 e. The monoisotopic (exact) mass is 442 g/mol. The summed E-state index contributed by atoms with van der Waals surface area (Å²) in [4.78, 5) is 37.1. The lowest BCUT2D eigenvalue weighted by Gasteiger charge is -2.40. The maximum absolute atomic E-state index is 12.7. The average Bonchev–Trinajstić information content (AvgIpc) is 2.58. The van der Waals surface area contributed by atoms with Crippen LogP contribution in [-0.4, -0.2) is 64.8 Å². The summed E-state index contributed by atoms with van der Waals surface area (Å²) in [6.45, 7) is 10.7. The second kappa shape index (κ2) is 8.86. The molecule has 1 aromatic heterocycles. The zero-order chi connectivity index (χ0) is 20.2. The summed E-state index contributed by atoms with van der Waals surface area (Å²) in [6.07, 6.45) is 2.77. The Hall–Kier alpha value is -1.90. The third kappa shape index (κ3) is 6.34. The van der Waals surface area contributed by atoms with E-state index in [4.69, 9.17) is 9.47 Å². The van der Waals surface area contributed by atoms with Crippen LogP contribution >= 0.6 is 15.9 Å². The zero-order valence-electron chi connectivity index (χ0n) is 16.4. The van der Waals surface area contributed by atoms with E-state index in [9.17, 15) is 9.59 Å². The van der Waals surface area contributed by atoms with Gasteiger partial charge in [-0.15, -0.1) is 0 Å². The van der Waals surface area contributed by atoms with E-state index in [2.05, 4.69) is 25.9 Å². The Morgan fingerprint density at radius 3 is 2.44 bits per heavy atom. The molecule has 9 heteroatoms. The van der Waals surface area contributed by atoms with Crippen LogP contribution in [0.25, 0.3) is 0 Å². The Morgan fingerprint density at radius 2 is 1.89 bits per heavy atom. The molecule has 2 rings (SSSR count). The van der Waals surface area contributed by atoms with Gasteiger partial charge in [0.2, 0.25) is 5.95 Å². The third-order valence-electron chi connectivity index (χ3n) is 3.73. The van der Waals surface area contributed by atoms with E-state index in [0.29, 0.717) is 25.6 Å². The van der Waals surface area contributed by atoms with E-state index in [1.54, 1.807) is 33.2 Å². The van der Waals surface area contributed by atoms with Gasteiger partial charge in [-0.3, -0.25) is 4.90 Å². The molecule has 1 amide bonds. The second-order valence-electron chi connectivity index (χ2n) is 7.86. The van der Waals surface area contributed by atoms with E-state index >= 15 is 0 Å². The van der Waals surface area contributed by atoms with Gasteiger partial charge < -0.3 is 14.4 Å². The molecule has 0 aliphatic carbocycles. The fraction of sp³-hybridized carbons (Fsp3) is 0.667. The number of carbonyl (C=O) groups excluding carboxylic acids is 2. The van der Waals surface area contributed by atoms with E-state index in [-0.39, 0.29) is 12.5 Å². The van der Waals surface area contributed by atoms with Crippen LogP contribution in [0.5, 0.6) is 0 Å². The normalized spacial score (nSPS) is 17.8. The number of anilines is 1. The fourth-order valence-corrected chi connectivity index (χ4v) is 2.72. The number of hydrogen-bond acceptors (Lipinski definition) is 7. The molecule has 1 unspecified atom stereocenters. The molecule has 1 aromatic rings. The lowest BCUT2D eigenvalue weighted by atomic mass is 10.1. The highest BCUT2D eigenvalue weighted by Gasteiger charge is 2.39. The van der Waals surface area contributed by atoms with Crippen molar-refractivity contribution in [2.75, 3.05) is 31.1 Å². The number of esters is 1. The molecule has 0 saturated carbocycles. The Morgan fingerprint density at radius 1 is 1.26 bits per heavy atom. The lowest BCUT2D eigenvalue weighted by Crippen LogP contribution is -2.59. The molecule has 27 heavy (non-hydrogen) atoms. The van der Waals surface area contributed by atoms with Crippen LogP contribution in [0.2, 0.25) is 0 Å². The molecule has 0 radical (unpaired) electrons. The van der Waals surface area contributed by atoms with Crippen molar-refractivity contribution < 1.29 is 19.1 Å². The minimum Gasteiger partial charge on any atom is -0.464 e. The second-order valence-corrected chi connectivity index (χ2v) is 8.78. The van der Waals surface area contributed by atoms with Crippen molar-refractivity contribution in [3.8, 4) is 0 Å². The standard InChI is InChI=1S/C18H27BrN4O4/c1-12(2)11-26-15(24)14-10-22(16-20-8-13(19)9-21-16)6-7-23(14)17(25)27-18(3,4)5/h8-9,12,14H,6-7,10-11H2,1-5H3.